The molecule has 0 radical (unpaired) electrons. The Labute approximate surface area is 85.1 Å². The van der Waals surface area contributed by atoms with Gasteiger partial charge in [-0.05, 0) is 44.4 Å². The zero-order chi connectivity index (χ0) is 10.1. The van der Waals surface area contributed by atoms with Crippen molar-refractivity contribution < 1.29 is 9.90 Å². The Balaban J connectivity index is 1.85. The molecule has 0 amide bonds. The van der Waals surface area contributed by atoms with Gasteiger partial charge in [0.05, 0.1) is 6.54 Å². The average molecular weight is 197 g/mol. The van der Waals surface area contributed by atoms with Gasteiger partial charge in [0.2, 0.25) is 0 Å². The lowest BCUT2D eigenvalue weighted by Gasteiger charge is -2.27. The fourth-order valence-corrected chi connectivity index (χ4v) is 2.06. The number of rotatable bonds is 6. The number of hydrogen-bond acceptors (Lipinski definition) is 2. The molecule has 0 spiro atoms. The van der Waals surface area contributed by atoms with Crippen LogP contribution >= 0.6 is 0 Å². The highest BCUT2D eigenvalue weighted by Gasteiger charge is 2.35. The van der Waals surface area contributed by atoms with E-state index in [2.05, 4.69) is 11.8 Å². The first-order valence-corrected chi connectivity index (χ1v) is 5.62. The van der Waals surface area contributed by atoms with Crippen molar-refractivity contribution in [3.63, 3.8) is 0 Å². The third-order valence-electron chi connectivity index (χ3n) is 3.41. The maximum absolute atomic E-state index is 10.7. The minimum atomic E-state index is -0.682. The van der Waals surface area contributed by atoms with Crippen LogP contribution in [0.25, 0.3) is 0 Å². The van der Waals surface area contributed by atoms with Crippen LogP contribution in [0.15, 0.2) is 0 Å². The number of carboxylic acids is 1. The van der Waals surface area contributed by atoms with Gasteiger partial charge < -0.3 is 5.11 Å². The predicted octanol–water partition coefficient (Wildman–Crippen LogP) is 1.58. The second-order valence-corrected chi connectivity index (χ2v) is 4.84. The van der Waals surface area contributed by atoms with E-state index >= 15 is 0 Å². The highest BCUT2D eigenvalue weighted by atomic mass is 16.4. The summed E-state index contributed by atoms with van der Waals surface area (Å²) in [5, 5.41) is 8.83. The van der Waals surface area contributed by atoms with E-state index in [1.165, 1.54) is 25.7 Å². The van der Waals surface area contributed by atoms with Crippen LogP contribution in [0, 0.1) is 11.8 Å². The first kappa shape index (κ1) is 9.97. The van der Waals surface area contributed by atoms with Crippen molar-refractivity contribution in [1.82, 2.24) is 4.90 Å². The maximum Gasteiger partial charge on any atom is 0.317 e. The summed E-state index contributed by atoms with van der Waals surface area (Å²) in [4.78, 5) is 12.9. The SMILES string of the molecule is CC(C1CC1)N(CC(=O)O)CC1CC1. The lowest BCUT2D eigenvalue weighted by Crippen LogP contribution is -2.40. The molecular weight excluding hydrogens is 178 g/mol. The molecule has 2 aliphatic carbocycles. The average Bonchev–Trinajstić information content (AvgIpc) is 2.96. The molecule has 0 aromatic carbocycles. The zero-order valence-corrected chi connectivity index (χ0v) is 8.78. The molecular formula is C11H19NO2. The topological polar surface area (TPSA) is 40.5 Å². The van der Waals surface area contributed by atoms with Crippen molar-refractivity contribution >= 4 is 5.97 Å². The molecule has 1 N–H and O–H groups in total. The molecule has 0 aromatic rings. The number of nitrogens with zero attached hydrogens (tertiary/aromatic N) is 1. The fourth-order valence-electron chi connectivity index (χ4n) is 2.06. The van der Waals surface area contributed by atoms with Crippen LogP contribution in [0.4, 0.5) is 0 Å². The Morgan fingerprint density at radius 1 is 1.43 bits per heavy atom. The second kappa shape index (κ2) is 3.89. The summed E-state index contributed by atoms with van der Waals surface area (Å²) in [6, 6.07) is 0.478. The van der Waals surface area contributed by atoms with Crippen molar-refractivity contribution in [2.24, 2.45) is 11.8 Å². The van der Waals surface area contributed by atoms with E-state index < -0.39 is 5.97 Å². The summed E-state index contributed by atoms with van der Waals surface area (Å²) in [7, 11) is 0. The zero-order valence-electron chi connectivity index (χ0n) is 8.78. The van der Waals surface area contributed by atoms with Gasteiger partial charge in [-0.2, -0.15) is 0 Å². The highest BCUT2D eigenvalue weighted by molar-refractivity contribution is 5.69. The lowest BCUT2D eigenvalue weighted by atomic mass is 10.1. The Morgan fingerprint density at radius 3 is 2.50 bits per heavy atom. The minimum Gasteiger partial charge on any atom is -0.480 e. The Bertz CT molecular complexity index is 221. The summed E-state index contributed by atoms with van der Waals surface area (Å²) in [6.45, 7) is 3.42. The summed E-state index contributed by atoms with van der Waals surface area (Å²) in [5.74, 6) is 0.877. The van der Waals surface area contributed by atoms with Gasteiger partial charge in [-0.3, -0.25) is 9.69 Å². The van der Waals surface area contributed by atoms with E-state index in [9.17, 15) is 4.79 Å². The molecule has 1 unspecified atom stereocenters. The van der Waals surface area contributed by atoms with Crippen molar-refractivity contribution in [2.75, 3.05) is 13.1 Å². The fraction of sp³-hybridized carbons (Fsp3) is 0.909. The van der Waals surface area contributed by atoms with Crippen LogP contribution < -0.4 is 0 Å². The monoisotopic (exact) mass is 197 g/mol. The number of hydrogen-bond donors (Lipinski definition) is 1. The predicted molar refractivity (Wildman–Crippen MR) is 54.1 cm³/mol. The van der Waals surface area contributed by atoms with Crippen LogP contribution in [0.3, 0.4) is 0 Å². The Kier molecular flexibility index (Phi) is 2.77. The van der Waals surface area contributed by atoms with Gasteiger partial charge in [0.15, 0.2) is 0 Å². The maximum atomic E-state index is 10.7. The first-order valence-electron chi connectivity index (χ1n) is 5.62. The molecule has 2 fully saturated rings. The molecule has 0 bridgehead atoms. The molecule has 1 atom stereocenters. The molecule has 2 aliphatic rings. The summed E-state index contributed by atoms with van der Waals surface area (Å²) >= 11 is 0. The molecule has 0 aliphatic heterocycles. The van der Waals surface area contributed by atoms with E-state index in [0.717, 1.165) is 18.4 Å². The van der Waals surface area contributed by atoms with E-state index in [0.29, 0.717) is 6.04 Å². The van der Waals surface area contributed by atoms with Gasteiger partial charge in [-0.1, -0.05) is 0 Å². The Hall–Kier alpha value is -0.570. The smallest absolute Gasteiger partial charge is 0.317 e. The van der Waals surface area contributed by atoms with Crippen LogP contribution in [0.5, 0.6) is 0 Å². The normalized spacial score (nSPS) is 23.9. The Morgan fingerprint density at radius 2 is 2.07 bits per heavy atom. The number of aliphatic carboxylic acids is 1. The van der Waals surface area contributed by atoms with Gasteiger partial charge in [-0.15, -0.1) is 0 Å². The largest absolute Gasteiger partial charge is 0.480 e. The van der Waals surface area contributed by atoms with Crippen LogP contribution in [-0.4, -0.2) is 35.1 Å². The highest BCUT2D eigenvalue weighted by Crippen LogP contribution is 2.37. The van der Waals surface area contributed by atoms with Crippen molar-refractivity contribution in [3.8, 4) is 0 Å². The summed E-state index contributed by atoms with van der Waals surface area (Å²) in [6.07, 6.45) is 5.19. The van der Waals surface area contributed by atoms with Gasteiger partial charge in [-0.25, -0.2) is 0 Å². The molecule has 2 rings (SSSR count). The van der Waals surface area contributed by atoms with E-state index in [-0.39, 0.29) is 6.54 Å². The molecule has 0 saturated heterocycles. The van der Waals surface area contributed by atoms with Gasteiger partial charge in [0, 0.05) is 12.6 Å². The van der Waals surface area contributed by atoms with Crippen LogP contribution in [0.1, 0.15) is 32.6 Å². The molecule has 2 saturated carbocycles. The standard InChI is InChI=1S/C11H19NO2/c1-8(10-4-5-10)12(7-11(13)14)6-9-2-3-9/h8-10H,2-7H2,1H3,(H,13,14). The number of carboxylic acid groups (broad SMARTS) is 1. The van der Waals surface area contributed by atoms with E-state index in [1.807, 2.05) is 0 Å². The molecule has 14 heavy (non-hydrogen) atoms. The quantitative estimate of drug-likeness (QED) is 0.703. The van der Waals surface area contributed by atoms with E-state index in [4.69, 9.17) is 5.11 Å². The number of carbonyl (C=O) groups is 1. The van der Waals surface area contributed by atoms with Crippen molar-refractivity contribution in [2.45, 2.75) is 38.6 Å². The second-order valence-electron chi connectivity index (χ2n) is 4.84. The van der Waals surface area contributed by atoms with Crippen LogP contribution in [-0.2, 0) is 4.79 Å². The van der Waals surface area contributed by atoms with Gasteiger partial charge >= 0.3 is 5.97 Å². The molecule has 80 valence electrons. The summed E-state index contributed by atoms with van der Waals surface area (Å²) in [5.41, 5.74) is 0. The molecule has 3 heteroatoms. The third kappa shape index (κ3) is 2.71. The van der Waals surface area contributed by atoms with Gasteiger partial charge in [0.25, 0.3) is 0 Å². The molecule has 0 heterocycles. The van der Waals surface area contributed by atoms with Crippen LogP contribution in [0.2, 0.25) is 0 Å². The summed E-state index contributed by atoms with van der Waals surface area (Å²) < 4.78 is 0. The third-order valence-corrected chi connectivity index (χ3v) is 3.41. The van der Waals surface area contributed by atoms with Crippen molar-refractivity contribution in [1.29, 1.82) is 0 Å². The van der Waals surface area contributed by atoms with Gasteiger partial charge in [0.1, 0.15) is 0 Å². The molecule has 3 nitrogen and oxygen atoms in total. The minimum absolute atomic E-state index is 0.230. The first-order chi connectivity index (χ1) is 6.66. The van der Waals surface area contributed by atoms with Crippen molar-refractivity contribution in [3.05, 3.63) is 0 Å². The lowest BCUT2D eigenvalue weighted by molar-refractivity contribution is -0.139. The van der Waals surface area contributed by atoms with E-state index in [1.54, 1.807) is 0 Å². The molecule has 0 aromatic heterocycles.